The van der Waals surface area contributed by atoms with Gasteiger partial charge in [0.25, 0.3) is 0 Å². The Morgan fingerprint density at radius 2 is 1.91 bits per heavy atom. The number of hydrogen-bond acceptors (Lipinski definition) is 4. The van der Waals surface area contributed by atoms with Crippen molar-refractivity contribution in [3.05, 3.63) is 84.2 Å². The molecule has 0 aliphatic rings. The Kier molecular flexibility index (Phi) is 6.51. The van der Waals surface area contributed by atoms with E-state index in [0.717, 1.165) is 44.6 Å². The highest BCUT2D eigenvalue weighted by molar-refractivity contribution is 7.99. The average Bonchev–Trinajstić information content (AvgIpc) is 3.31. The maximum atomic E-state index is 13.1. The Balaban J connectivity index is 1.64. The van der Waals surface area contributed by atoms with Crippen LogP contribution in [0, 0.1) is 13.8 Å². The van der Waals surface area contributed by atoms with Gasteiger partial charge in [-0.25, -0.2) is 4.98 Å². The number of aryl methyl sites for hydroxylation is 1. The maximum Gasteiger partial charge on any atom is 0.175 e. The summed E-state index contributed by atoms with van der Waals surface area (Å²) in [4.78, 5) is 17.9. The summed E-state index contributed by atoms with van der Waals surface area (Å²) in [5, 5.41) is 0.795. The largest absolute Gasteiger partial charge is 0.494 e. The Hall–Kier alpha value is -3.25. The van der Waals surface area contributed by atoms with Crippen molar-refractivity contribution < 1.29 is 9.53 Å². The molecule has 6 heteroatoms. The Bertz CT molecular complexity index is 1270. The summed E-state index contributed by atoms with van der Waals surface area (Å²) in [5.74, 6) is 1.25. The molecule has 0 bridgehead atoms. The molecule has 0 unspecified atom stereocenters. The van der Waals surface area contributed by atoms with Crippen molar-refractivity contribution in [1.29, 1.82) is 0 Å². The van der Waals surface area contributed by atoms with Gasteiger partial charge in [-0.1, -0.05) is 30.0 Å². The fourth-order valence-corrected chi connectivity index (χ4v) is 4.82. The molecule has 0 saturated heterocycles. The van der Waals surface area contributed by atoms with Crippen LogP contribution < -0.4 is 4.74 Å². The molecule has 32 heavy (non-hydrogen) atoms. The number of hydrogen-bond donors (Lipinski definition) is 0. The van der Waals surface area contributed by atoms with Gasteiger partial charge in [-0.15, -0.1) is 6.58 Å². The predicted octanol–water partition coefficient (Wildman–Crippen LogP) is 6.00. The predicted molar refractivity (Wildman–Crippen MR) is 131 cm³/mol. The molecule has 5 nitrogen and oxygen atoms in total. The van der Waals surface area contributed by atoms with Crippen LogP contribution in [0.4, 0.5) is 0 Å². The number of carbonyl (C=O) groups is 1. The number of thioether (sulfide) groups is 1. The third-order valence-electron chi connectivity index (χ3n) is 5.45. The number of carbonyl (C=O) groups excluding carboxylic acids is 1. The van der Waals surface area contributed by atoms with E-state index in [1.165, 1.54) is 11.8 Å². The molecule has 2 aromatic carbocycles. The van der Waals surface area contributed by atoms with E-state index in [0.29, 0.717) is 18.9 Å². The van der Waals surface area contributed by atoms with E-state index >= 15 is 0 Å². The molecule has 2 heterocycles. The van der Waals surface area contributed by atoms with Crippen LogP contribution in [-0.4, -0.2) is 32.3 Å². The summed E-state index contributed by atoms with van der Waals surface area (Å²) in [5.41, 5.74) is 5.71. The van der Waals surface area contributed by atoms with Crippen molar-refractivity contribution in [3.8, 4) is 11.4 Å². The normalized spacial score (nSPS) is 11.1. The number of aromatic nitrogens is 3. The lowest BCUT2D eigenvalue weighted by atomic mass is 10.2. The minimum absolute atomic E-state index is 0.101. The zero-order valence-corrected chi connectivity index (χ0v) is 19.5. The number of ether oxygens (including phenoxy) is 1. The zero-order chi connectivity index (χ0) is 22.7. The summed E-state index contributed by atoms with van der Waals surface area (Å²) in [7, 11) is 0. The Morgan fingerprint density at radius 1 is 1.16 bits per heavy atom. The van der Waals surface area contributed by atoms with Gasteiger partial charge in [-0.3, -0.25) is 9.36 Å². The highest BCUT2D eigenvalue weighted by Crippen LogP contribution is 2.30. The van der Waals surface area contributed by atoms with Crippen molar-refractivity contribution in [2.24, 2.45) is 0 Å². The number of ketones is 1. The number of allylic oxidation sites excluding steroid dienone is 1. The van der Waals surface area contributed by atoms with Crippen molar-refractivity contribution in [2.75, 3.05) is 12.4 Å². The van der Waals surface area contributed by atoms with Crippen LogP contribution in [0.15, 0.2) is 72.4 Å². The van der Waals surface area contributed by atoms with E-state index in [4.69, 9.17) is 9.72 Å². The molecule has 0 aliphatic carbocycles. The quantitative estimate of drug-likeness (QED) is 0.180. The molecule has 0 spiro atoms. The van der Waals surface area contributed by atoms with Gasteiger partial charge in [0.05, 0.1) is 23.4 Å². The van der Waals surface area contributed by atoms with Crippen molar-refractivity contribution >= 4 is 28.6 Å². The van der Waals surface area contributed by atoms with Crippen molar-refractivity contribution in [3.63, 3.8) is 0 Å². The molecule has 4 rings (SSSR count). The number of imidazole rings is 1. The van der Waals surface area contributed by atoms with Crippen molar-refractivity contribution in [1.82, 2.24) is 14.1 Å². The van der Waals surface area contributed by atoms with E-state index in [1.807, 2.05) is 81.4 Å². The van der Waals surface area contributed by atoms with Gasteiger partial charge in [-0.05, 0) is 63.2 Å². The first kappa shape index (κ1) is 22.0. The topological polar surface area (TPSA) is 49.0 Å². The van der Waals surface area contributed by atoms with Crippen LogP contribution in [0.5, 0.6) is 5.75 Å². The average molecular weight is 446 g/mol. The molecular weight excluding hydrogens is 418 g/mol. The number of benzene rings is 2. The molecule has 0 radical (unpaired) electrons. The number of nitrogens with zero attached hydrogens (tertiary/aromatic N) is 3. The lowest BCUT2D eigenvalue weighted by Crippen LogP contribution is -2.07. The number of rotatable bonds is 9. The van der Waals surface area contributed by atoms with Crippen LogP contribution in [0.1, 0.15) is 28.7 Å². The molecule has 4 aromatic rings. The fourth-order valence-electron chi connectivity index (χ4n) is 3.91. The highest BCUT2D eigenvalue weighted by atomic mass is 32.2. The zero-order valence-electron chi connectivity index (χ0n) is 18.7. The SMILES string of the molecule is C=CCn1c(C)cc(C(=O)CSc2nc3ccccc3n2-c2ccc(OCC)cc2)c1C. The maximum absolute atomic E-state index is 13.1. The molecule has 0 atom stereocenters. The van der Waals surface area contributed by atoms with Gasteiger partial charge >= 0.3 is 0 Å². The third-order valence-corrected chi connectivity index (χ3v) is 6.39. The smallest absolute Gasteiger partial charge is 0.175 e. The molecular formula is C26H27N3O2S. The molecule has 164 valence electrons. The monoisotopic (exact) mass is 445 g/mol. The van der Waals surface area contributed by atoms with Gasteiger partial charge in [0, 0.05) is 29.2 Å². The summed E-state index contributed by atoms with van der Waals surface area (Å²) in [6, 6.07) is 18.0. The van der Waals surface area contributed by atoms with E-state index in [-0.39, 0.29) is 5.78 Å². The first-order valence-electron chi connectivity index (χ1n) is 10.7. The second-order valence-electron chi connectivity index (χ2n) is 7.54. The van der Waals surface area contributed by atoms with Crippen LogP contribution >= 0.6 is 11.8 Å². The van der Waals surface area contributed by atoms with Crippen molar-refractivity contribution in [2.45, 2.75) is 32.5 Å². The molecule has 0 amide bonds. The summed E-state index contributed by atoms with van der Waals surface area (Å²) in [6.45, 7) is 11.1. The third kappa shape index (κ3) is 4.23. The van der Waals surface area contributed by atoms with Gasteiger partial charge < -0.3 is 9.30 Å². The van der Waals surface area contributed by atoms with E-state index < -0.39 is 0 Å². The van der Waals surface area contributed by atoms with Crippen LogP contribution in [0.2, 0.25) is 0 Å². The minimum Gasteiger partial charge on any atom is -0.494 e. The number of para-hydroxylation sites is 2. The second-order valence-corrected chi connectivity index (χ2v) is 8.48. The minimum atomic E-state index is 0.101. The molecule has 0 aliphatic heterocycles. The summed E-state index contributed by atoms with van der Waals surface area (Å²) < 4.78 is 9.79. The van der Waals surface area contributed by atoms with Gasteiger partial charge in [0.15, 0.2) is 10.9 Å². The number of Topliss-reactive ketones (excluding diaryl/α,β-unsaturated/α-hetero) is 1. The van der Waals surface area contributed by atoms with Crippen LogP contribution in [-0.2, 0) is 6.54 Å². The lowest BCUT2D eigenvalue weighted by Gasteiger charge is -2.10. The molecule has 2 aromatic heterocycles. The highest BCUT2D eigenvalue weighted by Gasteiger charge is 2.18. The first-order valence-corrected chi connectivity index (χ1v) is 11.7. The summed E-state index contributed by atoms with van der Waals surface area (Å²) in [6.07, 6.45) is 1.85. The standard InChI is InChI=1S/C26H27N3O2S/c1-5-15-28-18(3)16-22(19(28)4)25(30)17-32-26-27-23-9-7-8-10-24(23)29(26)20-11-13-21(14-12-20)31-6-2/h5,7-14,16H,1,6,15,17H2,2-4H3. The van der Waals surface area contributed by atoms with Gasteiger partial charge in [0.2, 0.25) is 0 Å². The number of fused-ring (bicyclic) bond motifs is 1. The van der Waals surface area contributed by atoms with E-state index in [9.17, 15) is 4.79 Å². The lowest BCUT2D eigenvalue weighted by molar-refractivity contribution is 0.102. The first-order chi connectivity index (χ1) is 15.5. The molecule has 0 fully saturated rings. The van der Waals surface area contributed by atoms with E-state index in [1.54, 1.807) is 0 Å². The Labute approximate surface area is 192 Å². The van der Waals surface area contributed by atoms with Gasteiger partial charge in [0.1, 0.15) is 5.75 Å². The fraction of sp³-hybridized carbons (Fsp3) is 0.231. The molecule has 0 saturated carbocycles. The van der Waals surface area contributed by atoms with E-state index in [2.05, 4.69) is 15.7 Å². The second kappa shape index (κ2) is 9.49. The van der Waals surface area contributed by atoms with Gasteiger partial charge in [-0.2, -0.15) is 0 Å². The molecule has 0 N–H and O–H groups in total. The van der Waals surface area contributed by atoms with Crippen LogP contribution in [0.25, 0.3) is 16.7 Å². The summed E-state index contributed by atoms with van der Waals surface area (Å²) >= 11 is 1.46. The Morgan fingerprint density at radius 3 is 2.62 bits per heavy atom. The van der Waals surface area contributed by atoms with Crippen LogP contribution in [0.3, 0.4) is 0 Å².